The lowest BCUT2D eigenvalue weighted by molar-refractivity contribution is 0.310. The van der Waals surface area contributed by atoms with E-state index in [4.69, 9.17) is 10.5 Å². The summed E-state index contributed by atoms with van der Waals surface area (Å²) < 4.78 is 6.72. The molecule has 0 spiro atoms. The molecule has 0 amide bonds. The van der Waals surface area contributed by atoms with Crippen LogP contribution in [0, 0.1) is 0 Å². The van der Waals surface area contributed by atoms with Gasteiger partial charge in [0.1, 0.15) is 12.4 Å². The van der Waals surface area contributed by atoms with E-state index in [9.17, 15) is 0 Å². The number of nitrogen functional groups attached to an aromatic ring is 1. The van der Waals surface area contributed by atoms with Crippen LogP contribution in [0.3, 0.4) is 0 Å². The SMILES string of the molecule is Nc1ccc(OCc2ccc(Br)s2)cc1. The van der Waals surface area contributed by atoms with Crippen molar-refractivity contribution < 1.29 is 4.74 Å². The van der Waals surface area contributed by atoms with E-state index in [0.717, 1.165) is 15.2 Å². The normalized spacial score (nSPS) is 10.2. The number of anilines is 1. The maximum atomic E-state index is 5.59. The highest BCUT2D eigenvalue weighted by molar-refractivity contribution is 9.11. The third-order valence-electron chi connectivity index (χ3n) is 1.89. The van der Waals surface area contributed by atoms with Gasteiger partial charge in [-0.05, 0) is 52.3 Å². The Balaban J connectivity index is 1.96. The van der Waals surface area contributed by atoms with E-state index in [1.54, 1.807) is 11.3 Å². The van der Waals surface area contributed by atoms with Gasteiger partial charge in [-0.3, -0.25) is 0 Å². The summed E-state index contributed by atoms with van der Waals surface area (Å²) in [5.41, 5.74) is 6.33. The lowest BCUT2D eigenvalue weighted by atomic mass is 10.3. The van der Waals surface area contributed by atoms with E-state index < -0.39 is 0 Å². The molecule has 0 saturated heterocycles. The van der Waals surface area contributed by atoms with Crippen molar-refractivity contribution >= 4 is 33.0 Å². The molecule has 0 unspecified atom stereocenters. The Bertz CT molecular complexity index is 438. The zero-order valence-electron chi connectivity index (χ0n) is 7.94. The molecular weight excluding hydrogens is 274 g/mol. The molecular formula is C11H10BrNOS. The maximum Gasteiger partial charge on any atom is 0.122 e. The zero-order valence-corrected chi connectivity index (χ0v) is 10.3. The van der Waals surface area contributed by atoms with Gasteiger partial charge in [-0.15, -0.1) is 11.3 Å². The first-order chi connectivity index (χ1) is 7.24. The van der Waals surface area contributed by atoms with Crippen LogP contribution in [0.2, 0.25) is 0 Å². The number of hydrogen-bond donors (Lipinski definition) is 1. The van der Waals surface area contributed by atoms with Crippen LogP contribution >= 0.6 is 27.3 Å². The summed E-state index contributed by atoms with van der Waals surface area (Å²) in [5.74, 6) is 0.841. The molecule has 2 nitrogen and oxygen atoms in total. The number of benzene rings is 1. The third-order valence-corrected chi connectivity index (χ3v) is 3.49. The zero-order chi connectivity index (χ0) is 10.7. The smallest absolute Gasteiger partial charge is 0.122 e. The number of halogens is 1. The summed E-state index contributed by atoms with van der Waals surface area (Å²) in [5, 5.41) is 0. The van der Waals surface area contributed by atoms with Crippen molar-refractivity contribution in [3.8, 4) is 5.75 Å². The van der Waals surface area contributed by atoms with E-state index in [-0.39, 0.29) is 0 Å². The second kappa shape index (κ2) is 4.68. The van der Waals surface area contributed by atoms with Gasteiger partial charge < -0.3 is 10.5 Å². The van der Waals surface area contributed by atoms with Crippen LogP contribution in [0.5, 0.6) is 5.75 Å². The molecule has 78 valence electrons. The average molecular weight is 284 g/mol. The van der Waals surface area contributed by atoms with Crippen LogP contribution in [-0.2, 0) is 6.61 Å². The summed E-state index contributed by atoms with van der Waals surface area (Å²) in [6.07, 6.45) is 0. The van der Waals surface area contributed by atoms with Gasteiger partial charge in [0.25, 0.3) is 0 Å². The molecule has 4 heteroatoms. The third kappa shape index (κ3) is 2.97. The standard InChI is InChI=1S/C11H10BrNOS/c12-11-6-5-10(15-11)7-14-9-3-1-8(13)2-4-9/h1-6H,7,13H2. The Hall–Kier alpha value is -1.00. The first kappa shape index (κ1) is 10.5. The minimum absolute atomic E-state index is 0.597. The predicted octanol–water partition coefficient (Wildman–Crippen LogP) is 3.67. The van der Waals surface area contributed by atoms with Gasteiger partial charge in [0.2, 0.25) is 0 Å². The summed E-state index contributed by atoms with van der Waals surface area (Å²) in [7, 11) is 0. The highest BCUT2D eigenvalue weighted by atomic mass is 79.9. The minimum atomic E-state index is 0.597. The van der Waals surface area contributed by atoms with Crippen LogP contribution in [0.4, 0.5) is 5.69 Å². The Morgan fingerprint density at radius 1 is 1.13 bits per heavy atom. The molecule has 0 bridgehead atoms. The maximum absolute atomic E-state index is 5.59. The second-order valence-electron chi connectivity index (χ2n) is 3.06. The summed E-state index contributed by atoms with van der Waals surface area (Å²) >= 11 is 5.09. The monoisotopic (exact) mass is 283 g/mol. The Kier molecular flexibility index (Phi) is 3.28. The molecule has 0 atom stereocenters. The van der Waals surface area contributed by atoms with E-state index in [0.29, 0.717) is 6.61 Å². The number of nitrogens with two attached hydrogens (primary N) is 1. The van der Waals surface area contributed by atoms with E-state index >= 15 is 0 Å². The summed E-state index contributed by atoms with van der Waals surface area (Å²) in [6, 6.07) is 11.5. The van der Waals surface area contributed by atoms with Crippen molar-refractivity contribution in [2.75, 3.05) is 5.73 Å². The number of thiophene rings is 1. The van der Waals surface area contributed by atoms with Crippen molar-refractivity contribution in [3.63, 3.8) is 0 Å². The molecule has 0 radical (unpaired) electrons. The van der Waals surface area contributed by atoms with Crippen LogP contribution in [-0.4, -0.2) is 0 Å². The number of ether oxygens (including phenoxy) is 1. The van der Waals surface area contributed by atoms with Crippen molar-refractivity contribution in [1.82, 2.24) is 0 Å². The number of rotatable bonds is 3. The molecule has 1 heterocycles. The topological polar surface area (TPSA) is 35.2 Å². The Morgan fingerprint density at radius 3 is 2.47 bits per heavy atom. The molecule has 1 aromatic carbocycles. The highest BCUT2D eigenvalue weighted by Gasteiger charge is 1.98. The Morgan fingerprint density at radius 2 is 1.87 bits per heavy atom. The minimum Gasteiger partial charge on any atom is -0.488 e. The van der Waals surface area contributed by atoms with Gasteiger partial charge in [-0.2, -0.15) is 0 Å². The summed E-state index contributed by atoms with van der Waals surface area (Å²) in [6.45, 7) is 0.597. The molecule has 0 saturated carbocycles. The van der Waals surface area contributed by atoms with Gasteiger partial charge >= 0.3 is 0 Å². The molecule has 2 N–H and O–H groups in total. The van der Waals surface area contributed by atoms with Gasteiger partial charge in [0.15, 0.2) is 0 Å². The van der Waals surface area contributed by atoms with E-state index in [1.165, 1.54) is 4.88 Å². The van der Waals surface area contributed by atoms with Gasteiger partial charge in [-0.25, -0.2) is 0 Å². The van der Waals surface area contributed by atoms with Gasteiger partial charge in [0, 0.05) is 10.6 Å². The largest absolute Gasteiger partial charge is 0.488 e. The molecule has 0 fully saturated rings. The predicted molar refractivity (Wildman–Crippen MR) is 67.2 cm³/mol. The summed E-state index contributed by atoms with van der Waals surface area (Å²) in [4.78, 5) is 1.19. The van der Waals surface area contributed by atoms with Crippen molar-refractivity contribution in [2.24, 2.45) is 0 Å². The second-order valence-corrected chi connectivity index (χ2v) is 5.61. The molecule has 0 aliphatic heterocycles. The fraction of sp³-hybridized carbons (Fsp3) is 0.0909. The van der Waals surface area contributed by atoms with Crippen LogP contribution in [0.1, 0.15) is 4.88 Å². The first-order valence-corrected chi connectivity index (χ1v) is 6.07. The lowest BCUT2D eigenvalue weighted by Crippen LogP contribution is -1.92. The molecule has 15 heavy (non-hydrogen) atoms. The highest BCUT2D eigenvalue weighted by Crippen LogP contribution is 2.23. The molecule has 0 aliphatic rings. The molecule has 0 aliphatic carbocycles. The van der Waals surface area contributed by atoms with Crippen molar-refractivity contribution in [1.29, 1.82) is 0 Å². The van der Waals surface area contributed by atoms with Crippen molar-refractivity contribution in [3.05, 3.63) is 45.1 Å². The van der Waals surface area contributed by atoms with E-state index in [2.05, 4.69) is 15.9 Å². The molecule has 2 rings (SSSR count). The van der Waals surface area contributed by atoms with Crippen LogP contribution < -0.4 is 10.5 Å². The fourth-order valence-electron chi connectivity index (χ4n) is 1.15. The quantitative estimate of drug-likeness (QED) is 0.873. The molecule has 1 aromatic heterocycles. The Labute approximate surface area is 101 Å². The molecule has 2 aromatic rings. The van der Waals surface area contributed by atoms with Crippen LogP contribution in [0.15, 0.2) is 40.2 Å². The van der Waals surface area contributed by atoms with E-state index in [1.807, 2.05) is 36.4 Å². The average Bonchev–Trinajstić information content (AvgIpc) is 2.64. The lowest BCUT2D eigenvalue weighted by Gasteiger charge is -2.04. The number of hydrogen-bond acceptors (Lipinski definition) is 3. The first-order valence-electron chi connectivity index (χ1n) is 4.46. The van der Waals surface area contributed by atoms with Gasteiger partial charge in [-0.1, -0.05) is 0 Å². The van der Waals surface area contributed by atoms with Gasteiger partial charge in [0.05, 0.1) is 3.79 Å². The fourth-order valence-corrected chi connectivity index (χ4v) is 2.54. The van der Waals surface area contributed by atoms with Crippen molar-refractivity contribution in [2.45, 2.75) is 6.61 Å². The van der Waals surface area contributed by atoms with Crippen LogP contribution in [0.25, 0.3) is 0 Å².